The third kappa shape index (κ3) is 8.29. The number of epoxide rings is 1. The minimum Gasteiger partial charge on any atom is -0.508 e. The number of aryl methyl sites for hydroxylation is 1. The average Bonchev–Trinajstić information content (AvgIpc) is 1.28. The third-order valence-electron chi connectivity index (χ3n) is 27.1. The van der Waals surface area contributed by atoms with Crippen LogP contribution in [0.3, 0.4) is 0 Å². The number of ketones is 1. The first kappa shape index (κ1) is 60.8. The summed E-state index contributed by atoms with van der Waals surface area (Å²) < 4.78 is 12.2. The number of allylic oxidation sites excluding steroid dienone is 2. The number of fused-ring (bicyclic) bond motifs is 1. The van der Waals surface area contributed by atoms with E-state index in [0.29, 0.717) is 80.9 Å². The Labute approximate surface area is 505 Å². The van der Waals surface area contributed by atoms with Gasteiger partial charge in [-0.2, -0.15) is 0 Å². The van der Waals surface area contributed by atoms with Gasteiger partial charge in [-0.1, -0.05) is 87.1 Å². The largest absolute Gasteiger partial charge is 0.508 e. The van der Waals surface area contributed by atoms with Crippen LogP contribution >= 0.6 is 21.6 Å². The lowest BCUT2D eigenvalue weighted by Crippen LogP contribution is -2.72. The van der Waals surface area contributed by atoms with Crippen molar-refractivity contribution in [1.82, 2.24) is 5.32 Å². The maximum atomic E-state index is 16.7. The quantitative estimate of drug-likeness (QED) is 0.0651. The normalized spacial score (nSPS) is 49.0. The number of aromatic hydroxyl groups is 1. The van der Waals surface area contributed by atoms with Crippen molar-refractivity contribution in [1.29, 1.82) is 0 Å². The van der Waals surface area contributed by atoms with Crippen LogP contribution in [0.15, 0.2) is 42.0 Å². The predicted octanol–water partition coefficient (Wildman–Crippen LogP) is 7.54. The van der Waals surface area contributed by atoms with Crippen molar-refractivity contribution in [3.05, 3.63) is 47.6 Å². The van der Waals surface area contributed by atoms with Crippen LogP contribution in [-0.4, -0.2) is 155 Å². The summed E-state index contributed by atoms with van der Waals surface area (Å²) in [5.74, 6) is -2.04. The number of carbonyl (C=O) groups excluding carboxylic acids is 2. The molecule has 1 amide bonds. The van der Waals surface area contributed by atoms with Crippen molar-refractivity contribution in [2.75, 3.05) is 44.1 Å². The number of hydrogen-bond donors (Lipinski definition) is 10. The summed E-state index contributed by atoms with van der Waals surface area (Å²) in [5.41, 5.74) is -11.3. The van der Waals surface area contributed by atoms with Crippen molar-refractivity contribution in [2.24, 2.45) is 80.3 Å². The zero-order chi connectivity index (χ0) is 59.4. The lowest BCUT2D eigenvalue weighted by Gasteiger charge is -2.68. The van der Waals surface area contributed by atoms with Gasteiger partial charge in [0.2, 0.25) is 5.91 Å². The SMILES string of the molecule is COCCC1CCC(C2CCC3(CN4C(=O)C35C(CO)CCCC5CSSC(O)C35CC(O)C(O)(CO)CC3(C)C3CC6C=CCC(O)(C7OC7C(C)C(C)C)C7CCC(O)(C3=CC5=O)C67CCc3cc(O)cc4c3)C2O)NC12CCCCC2. The lowest BCUT2D eigenvalue weighted by molar-refractivity contribution is -0.235. The monoisotopic (exact) mass is 1200 g/mol. The Morgan fingerprint density at radius 2 is 1.69 bits per heavy atom. The van der Waals surface area contributed by atoms with Crippen LogP contribution in [0.4, 0.5) is 5.69 Å². The molecule has 15 nitrogen and oxygen atoms in total. The van der Waals surface area contributed by atoms with Crippen molar-refractivity contribution < 1.29 is 65.0 Å². The van der Waals surface area contributed by atoms with E-state index in [1.54, 1.807) is 25.3 Å². The van der Waals surface area contributed by atoms with E-state index in [1.807, 2.05) is 24.0 Å². The molecule has 0 radical (unpaired) electrons. The maximum Gasteiger partial charge on any atom is 0.234 e. The van der Waals surface area contributed by atoms with Crippen molar-refractivity contribution in [3.8, 4) is 5.75 Å². The molecular weight excluding hydrogens is 1100 g/mol. The van der Waals surface area contributed by atoms with E-state index < -0.39 is 104 Å². The summed E-state index contributed by atoms with van der Waals surface area (Å²) in [6.45, 7) is 8.22. The van der Waals surface area contributed by atoms with E-state index in [0.717, 1.165) is 67.7 Å². The molecule has 10 N–H and O–H groups in total. The second-order valence-corrected chi connectivity index (χ2v) is 32.8. The number of carbonyl (C=O) groups is 2. The van der Waals surface area contributed by atoms with E-state index in [2.05, 4.69) is 32.2 Å². The number of anilines is 1. The van der Waals surface area contributed by atoms with E-state index >= 15 is 9.59 Å². The molecule has 3 saturated heterocycles. The highest BCUT2D eigenvalue weighted by Crippen LogP contribution is 2.77. The third-order valence-corrected chi connectivity index (χ3v) is 29.8. The molecule has 17 heteroatoms. The highest BCUT2D eigenvalue weighted by Gasteiger charge is 2.80. The topological polar surface area (TPSA) is 253 Å². The number of ether oxygens (including phenoxy) is 2. The summed E-state index contributed by atoms with van der Waals surface area (Å²) in [7, 11) is 4.28. The molecule has 1 aromatic carbocycles. The number of piperidine rings is 1. The summed E-state index contributed by atoms with van der Waals surface area (Å²) in [6.07, 6.45) is 15.7. The van der Waals surface area contributed by atoms with Gasteiger partial charge in [-0.25, -0.2) is 0 Å². The Kier molecular flexibility index (Phi) is 15.6. The summed E-state index contributed by atoms with van der Waals surface area (Å²) in [6, 6.07) is 5.40. The molecule has 15 rings (SSSR count). The second-order valence-electron chi connectivity index (χ2n) is 30.3. The number of nitrogens with zero attached hydrogens (tertiary/aromatic N) is 1. The molecule has 8 aliphatic carbocycles. The molecule has 0 aromatic heterocycles. The van der Waals surface area contributed by atoms with E-state index in [4.69, 9.17) is 9.47 Å². The molecular formula is C67H98N2O13S2. The Bertz CT molecular complexity index is 2780. The standard InChI is InChI=1S/C67H98N2O13S2/c1-38(2)39(3)54-56(82-54)65(79)22-10-13-42-29-48-49-31-52(73)64(32-53(74)62(78,37-71)35-59(48,64)4)58(77)84-83-34-44-12-9-11-43(33-70)67(44)57(76)69(45-27-40(28-46(72)30-45)16-24-63(42)51(65)18-25-66(49,63)80)36-60(67)23-17-47(55(60)75)50-15-14-41(19-26-81-5)61(68-50)20-7-6-8-21-61/h10,13,27-28,30-31,38-39,41-44,47-48,50-51,53-56,58,68,70-72,74-75,77-80H,6-9,11-12,14-26,29,32-37H2,1-5H3. The Balaban J connectivity index is 0.959. The summed E-state index contributed by atoms with van der Waals surface area (Å²) >= 11 is 0. The Morgan fingerprint density at radius 3 is 2.43 bits per heavy atom. The van der Waals surface area contributed by atoms with Crippen LogP contribution in [0.25, 0.3) is 0 Å². The average molecular weight is 1200 g/mol. The van der Waals surface area contributed by atoms with Crippen molar-refractivity contribution in [3.63, 3.8) is 0 Å². The van der Waals surface area contributed by atoms with Crippen molar-refractivity contribution >= 4 is 39.0 Å². The van der Waals surface area contributed by atoms with Crippen LogP contribution in [0, 0.1) is 80.3 Å². The van der Waals surface area contributed by atoms with Gasteiger partial charge in [0.1, 0.15) is 28.5 Å². The fourth-order valence-electron chi connectivity index (χ4n) is 22.8. The molecule has 1 aromatic rings. The van der Waals surface area contributed by atoms with Gasteiger partial charge < -0.3 is 65.6 Å². The Morgan fingerprint density at radius 1 is 0.905 bits per heavy atom. The molecule has 6 aliphatic heterocycles. The van der Waals surface area contributed by atoms with Crippen LogP contribution in [-0.2, 0) is 25.5 Å². The molecule has 5 spiro atoms. The van der Waals surface area contributed by atoms with E-state index in [1.165, 1.54) is 17.2 Å². The number of aliphatic hydroxyl groups excluding tert-OH is 5. The Hall–Kier alpha value is -2.10. The first-order valence-corrected chi connectivity index (χ1v) is 35.1. The number of nitrogens with one attached hydrogen (secondary N) is 1. The molecule has 6 saturated carbocycles. The minimum atomic E-state index is -2.03. The first-order valence-electron chi connectivity index (χ1n) is 32.8. The number of benzene rings is 1. The molecule has 9 fully saturated rings. The van der Waals surface area contributed by atoms with Gasteiger partial charge in [-0.3, -0.25) is 9.59 Å². The molecule has 14 aliphatic rings. The zero-order valence-electron chi connectivity index (χ0n) is 50.4. The van der Waals surface area contributed by atoms with Crippen LogP contribution < -0.4 is 10.2 Å². The van der Waals surface area contributed by atoms with Gasteiger partial charge in [0, 0.05) is 78.6 Å². The molecule has 22 unspecified atom stereocenters. The maximum absolute atomic E-state index is 16.7. The van der Waals surface area contributed by atoms with Crippen molar-refractivity contribution in [2.45, 2.75) is 221 Å². The molecule has 22 atom stereocenters. The smallest absolute Gasteiger partial charge is 0.234 e. The zero-order valence-corrected chi connectivity index (χ0v) is 52.1. The van der Waals surface area contributed by atoms with Crippen LogP contribution in [0.1, 0.15) is 162 Å². The number of rotatable bonds is 9. The number of hydrogen-bond acceptors (Lipinski definition) is 16. The molecule has 466 valence electrons. The van der Waals surface area contributed by atoms with Crippen LogP contribution in [0.5, 0.6) is 5.75 Å². The van der Waals surface area contributed by atoms with Gasteiger partial charge in [0.15, 0.2) is 5.78 Å². The van der Waals surface area contributed by atoms with Gasteiger partial charge in [0.25, 0.3) is 0 Å². The van der Waals surface area contributed by atoms with Gasteiger partial charge in [-0.05, 0) is 185 Å². The fourth-order valence-corrected chi connectivity index (χ4v) is 25.8. The summed E-state index contributed by atoms with van der Waals surface area (Å²) in [5, 5.41) is 119. The highest BCUT2D eigenvalue weighted by atomic mass is 33.1. The van der Waals surface area contributed by atoms with Crippen LogP contribution in [0.2, 0.25) is 0 Å². The van der Waals surface area contributed by atoms with E-state index in [-0.39, 0.29) is 91.8 Å². The van der Waals surface area contributed by atoms with Gasteiger partial charge in [0.05, 0.1) is 41.3 Å². The highest BCUT2D eigenvalue weighted by molar-refractivity contribution is 8.76. The molecule has 6 heterocycles. The summed E-state index contributed by atoms with van der Waals surface area (Å²) in [4.78, 5) is 34.5. The number of amides is 1. The number of aliphatic hydroxyl groups is 8. The van der Waals surface area contributed by atoms with Gasteiger partial charge in [-0.15, -0.1) is 0 Å². The minimum absolute atomic E-state index is 0.0136. The molecule has 8 bridgehead atoms. The van der Waals surface area contributed by atoms with Gasteiger partial charge >= 0.3 is 0 Å². The lowest BCUT2D eigenvalue weighted by atomic mass is 9.38. The number of phenolic OH excluding ortho intramolecular Hbond substituents is 1. The second kappa shape index (κ2) is 21.5. The molecule has 84 heavy (non-hydrogen) atoms. The fraction of sp³-hybridized carbons (Fsp3) is 0.821. The predicted molar refractivity (Wildman–Crippen MR) is 322 cm³/mol. The number of methoxy groups -OCH3 is 1. The number of phenols is 1. The van der Waals surface area contributed by atoms with E-state index in [9.17, 15) is 46.0 Å². The first-order chi connectivity index (χ1) is 40.0.